The maximum absolute atomic E-state index is 12.6. The third-order valence-corrected chi connectivity index (χ3v) is 3.77. The first-order valence-electron chi connectivity index (χ1n) is 9.42. The number of carbonyl (C=O) groups excluding carboxylic acids is 2. The molecule has 3 amide bonds. The van der Waals surface area contributed by atoms with Crippen LogP contribution in [-0.4, -0.2) is 53.1 Å². The molecule has 0 radical (unpaired) electrons. The van der Waals surface area contributed by atoms with Gasteiger partial charge < -0.3 is 26.6 Å². The Hall–Kier alpha value is -3.94. The van der Waals surface area contributed by atoms with Crippen LogP contribution in [0.15, 0.2) is 24.7 Å². The van der Waals surface area contributed by atoms with Crippen LogP contribution in [0.1, 0.15) is 36.2 Å². The number of nitriles is 1. The molecule has 11 nitrogen and oxygen atoms in total. The van der Waals surface area contributed by atoms with Crippen LogP contribution in [0.3, 0.4) is 0 Å². The number of anilines is 3. The number of urea groups is 1. The van der Waals surface area contributed by atoms with Gasteiger partial charge in [-0.25, -0.2) is 19.7 Å². The van der Waals surface area contributed by atoms with Crippen molar-refractivity contribution in [2.45, 2.75) is 26.3 Å². The minimum Gasteiger partial charge on any atom is -0.382 e. The largest absolute Gasteiger partial charge is 0.382 e. The lowest BCUT2D eigenvalue weighted by Gasteiger charge is -2.16. The molecular formula is C19H25N9O2. The van der Waals surface area contributed by atoms with E-state index in [0.717, 1.165) is 0 Å². The normalized spacial score (nSPS) is 10.1. The predicted octanol–water partition coefficient (Wildman–Crippen LogP) is 1.36. The monoisotopic (exact) mass is 411 g/mol. The smallest absolute Gasteiger partial charge is 0.314 e. The Morgan fingerprint density at radius 1 is 1.10 bits per heavy atom. The van der Waals surface area contributed by atoms with Crippen LogP contribution >= 0.6 is 0 Å². The van der Waals surface area contributed by atoms with Crippen molar-refractivity contribution in [3.8, 4) is 6.07 Å². The number of rotatable bonds is 9. The average Bonchev–Trinajstić information content (AvgIpc) is 2.73. The lowest BCUT2D eigenvalue weighted by atomic mass is 10.2. The number of hydrogen-bond donors (Lipinski definition) is 5. The molecule has 0 aliphatic carbocycles. The van der Waals surface area contributed by atoms with Crippen molar-refractivity contribution in [2.24, 2.45) is 0 Å². The van der Waals surface area contributed by atoms with E-state index in [1.807, 2.05) is 19.9 Å². The van der Waals surface area contributed by atoms with E-state index in [0.29, 0.717) is 42.1 Å². The van der Waals surface area contributed by atoms with Gasteiger partial charge in [-0.15, -0.1) is 0 Å². The van der Waals surface area contributed by atoms with Crippen LogP contribution in [0.25, 0.3) is 0 Å². The molecule has 2 heterocycles. The van der Waals surface area contributed by atoms with Gasteiger partial charge in [0.25, 0.3) is 5.91 Å². The highest BCUT2D eigenvalue weighted by molar-refractivity contribution is 5.99. The van der Waals surface area contributed by atoms with Crippen molar-refractivity contribution in [3.05, 3.63) is 35.8 Å². The first-order valence-corrected chi connectivity index (χ1v) is 9.42. The maximum Gasteiger partial charge on any atom is 0.314 e. The third kappa shape index (κ3) is 6.90. The predicted molar refractivity (Wildman–Crippen MR) is 112 cm³/mol. The van der Waals surface area contributed by atoms with E-state index in [-0.39, 0.29) is 23.9 Å². The Balaban J connectivity index is 2.04. The Kier molecular flexibility index (Phi) is 8.31. The summed E-state index contributed by atoms with van der Waals surface area (Å²) in [4.78, 5) is 36.1. The maximum atomic E-state index is 12.6. The fourth-order valence-electron chi connectivity index (χ4n) is 2.38. The lowest BCUT2D eigenvalue weighted by Crippen LogP contribution is -2.35. The van der Waals surface area contributed by atoms with Crippen LogP contribution in [0.5, 0.6) is 0 Å². The Labute approximate surface area is 174 Å². The summed E-state index contributed by atoms with van der Waals surface area (Å²) in [6.07, 6.45) is 4.87. The standard InChI is InChI=1S/C19H25N9O2/c1-12(2)27-15-7-16(28-18-25-9-13(8-20)10-26-18)24-11-14(15)17(29)22-5-4-6-23-19(30)21-3/h7,9-12H,4-6H2,1-3H3,(H,22,29)(H2,21,23,30)(H2,24,25,26,27,28). The molecule has 2 rings (SSSR count). The van der Waals surface area contributed by atoms with Crippen molar-refractivity contribution in [1.82, 2.24) is 30.9 Å². The van der Waals surface area contributed by atoms with Gasteiger partial charge >= 0.3 is 6.03 Å². The first kappa shape index (κ1) is 22.4. The van der Waals surface area contributed by atoms with Crippen molar-refractivity contribution in [2.75, 3.05) is 30.8 Å². The summed E-state index contributed by atoms with van der Waals surface area (Å²) in [5.41, 5.74) is 1.36. The fraction of sp³-hybridized carbons (Fsp3) is 0.368. The summed E-state index contributed by atoms with van der Waals surface area (Å²) < 4.78 is 0. The second-order valence-electron chi connectivity index (χ2n) is 6.56. The number of carbonyl (C=O) groups is 2. The minimum atomic E-state index is -0.272. The molecule has 158 valence electrons. The third-order valence-electron chi connectivity index (χ3n) is 3.77. The zero-order valence-electron chi connectivity index (χ0n) is 17.1. The molecule has 0 aliphatic heterocycles. The van der Waals surface area contributed by atoms with E-state index in [1.54, 1.807) is 13.1 Å². The molecule has 0 saturated heterocycles. The molecule has 2 aromatic heterocycles. The van der Waals surface area contributed by atoms with Crippen LogP contribution in [0.4, 0.5) is 22.2 Å². The summed E-state index contributed by atoms with van der Waals surface area (Å²) in [5.74, 6) is 0.471. The van der Waals surface area contributed by atoms with Crippen LogP contribution in [0.2, 0.25) is 0 Å². The summed E-state index contributed by atoms with van der Waals surface area (Å²) in [7, 11) is 1.54. The molecule has 5 N–H and O–H groups in total. The van der Waals surface area contributed by atoms with E-state index in [1.165, 1.54) is 18.6 Å². The van der Waals surface area contributed by atoms with E-state index < -0.39 is 0 Å². The van der Waals surface area contributed by atoms with Crippen LogP contribution in [0, 0.1) is 11.3 Å². The van der Waals surface area contributed by atoms with Crippen molar-refractivity contribution in [3.63, 3.8) is 0 Å². The number of nitrogens with one attached hydrogen (secondary N) is 5. The molecule has 0 aliphatic rings. The van der Waals surface area contributed by atoms with Gasteiger partial charge in [0, 0.05) is 38.4 Å². The zero-order chi connectivity index (χ0) is 21.9. The highest BCUT2D eigenvalue weighted by Crippen LogP contribution is 2.21. The van der Waals surface area contributed by atoms with Crippen LogP contribution < -0.4 is 26.6 Å². The number of pyridine rings is 1. The minimum absolute atomic E-state index is 0.0923. The quantitative estimate of drug-likeness (QED) is 0.387. The lowest BCUT2D eigenvalue weighted by molar-refractivity contribution is 0.0954. The molecule has 0 fully saturated rings. The second-order valence-corrected chi connectivity index (χ2v) is 6.56. The van der Waals surface area contributed by atoms with E-state index in [2.05, 4.69) is 41.5 Å². The van der Waals surface area contributed by atoms with Crippen molar-refractivity contribution < 1.29 is 9.59 Å². The van der Waals surface area contributed by atoms with Gasteiger partial charge in [-0.3, -0.25) is 4.79 Å². The van der Waals surface area contributed by atoms with Crippen LogP contribution in [-0.2, 0) is 0 Å². The highest BCUT2D eigenvalue weighted by atomic mass is 16.2. The van der Waals surface area contributed by atoms with Gasteiger partial charge in [0.1, 0.15) is 11.9 Å². The summed E-state index contributed by atoms with van der Waals surface area (Å²) in [6, 6.07) is 3.48. The molecule has 0 aromatic carbocycles. The van der Waals surface area contributed by atoms with E-state index >= 15 is 0 Å². The number of hydrogen-bond acceptors (Lipinski definition) is 8. The van der Waals surface area contributed by atoms with E-state index in [9.17, 15) is 9.59 Å². The van der Waals surface area contributed by atoms with E-state index in [4.69, 9.17) is 5.26 Å². The van der Waals surface area contributed by atoms with Crippen molar-refractivity contribution in [1.29, 1.82) is 5.26 Å². The fourth-order valence-corrected chi connectivity index (χ4v) is 2.38. The summed E-state index contributed by atoms with van der Waals surface area (Å²) >= 11 is 0. The first-order chi connectivity index (χ1) is 14.4. The van der Waals surface area contributed by atoms with Gasteiger partial charge in [-0.1, -0.05) is 0 Å². The van der Waals surface area contributed by atoms with Crippen molar-refractivity contribution >= 4 is 29.4 Å². The van der Waals surface area contributed by atoms with Gasteiger partial charge in [0.2, 0.25) is 5.95 Å². The molecule has 2 aromatic rings. The SMILES string of the molecule is CNC(=O)NCCCNC(=O)c1cnc(Nc2ncc(C#N)cn2)cc1NC(C)C. The molecule has 0 saturated carbocycles. The molecule has 0 unspecified atom stereocenters. The number of amides is 3. The number of nitrogens with zero attached hydrogens (tertiary/aromatic N) is 4. The second kappa shape index (κ2) is 11.2. The Bertz CT molecular complexity index is 907. The summed E-state index contributed by atoms with van der Waals surface area (Å²) in [5, 5.41) is 22.9. The zero-order valence-corrected chi connectivity index (χ0v) is 17.1. The molecule has 0 atom stereocenters. The Morgan fingerprint density at radius 3 is 2.43 bits per heavy atom. The van der Waals surface area contributed by atoms with Gasteiger partial charge in [0.15, 0.2) is 0 Å². The van der Waals surface area contributed by atoms with Gasteiger partial charge in [0.05, 0.1) is 29.2 Å². The molecule has 0 spiro atoms. The Morgan fingerprint density at radius 2 is 1.80 bits per heavy atom. The molecule has 11 heteroatoms. The molecular weight excluding hydrogens is 386 g/mol. The average molecular weight is 411 g/mol. The van der Waals surface area contributed by atoms with Gasteiger partial charge in [-0.05, 0) is 20.3 Å². The number of aromatic nitrogens is 3. The summed E-state index contributed by atoms with van der Waals surface area (Å²) in [6.45, 7) is 4.78. The topological polar surface area (TPSA) is 157 Å². The molecule has 0 bridgehead atoms. The highest BCUT2D eigenvalue weighted by Gasteiger charge is 2.14. The molecule has 30 heavy (non-hydrogen) atoms. The van der Waals surface area contributed by atoms with Gasteiger partial charge in [-0.2, -0.15) is 5.26 Å².